The van der Waals surface area contributed by atoms with Crippen LogP contribution in [0, 0.1) is 5.82 Å². The van der Waals surface area contributed by atoms with Crippen molar-refractivity contribution >= 4 is 34.9 Å². The first-order chi connectivity index (χ1) is 18.9. The van der Waals surface area contributed by atoms with Gasteiger partial charge in [-0.2, -0.15) is 0 Å². The molecule has 0 fully saturated rings. The van der Waals surface area contributed by atoms with E-state index in [1.54, 1.807) is 48.7 Å². The van der Waals surface area contributed by atoms with Crippen LogP contribution in [0.3, 0.4) is 0 Å². The monoisotopic (exact) mass is 542 g/mol. The maximum Gasteiger partial charge on any atom is 0.251 e. The molecule has 0 radical (unpaired) electrons. The molecule has 1 amide bonds. The normalized spacial score (nSPS) is 13.0. The third-order valence-corrected chi connectivity index (χ3v) is 6.74. The van der Waals surface area contributed by atoms with Gasteiger partial charge in [-0.3, -0.25) is 9.79 Å². The van der Waals surface area contributed by atoms with Crippen LogP contribution >= 0.6 is 11.6 Å². The zero-order valence-electron chi connectivity index (χ0n) is 21.6. The number of carbonyl (C=O) groups excluding carboxylic acids is 1. The number of hydrogen-bond acceptors (Lipinski definition) is 6. The Kier molecular flexibility index (Phi) is 7.95. The summed E-state index contributed by atoms with van der Waals surface area (Å²) >= 11 is 6.35. The molecule has 1 aliphatic heterocycles. The maximum atomic E-state index is 14.7. The predicted molar refractivity (Wildman–Crippen MR) is 153 cm³/mol. The molecule has 198 valence electrons. The first-order valence-electron chi connectivity index (χ1n) is 12.7. The number of halogens is 2. The van der Waals surface area contributed by atoms with Crippen molar-refractivity contribution < 1.29 is 9.18 Å². The van der Waals surface area contributed by atoms with Gasteiger partial charge in [0.1, 0.15) is 5.82 Å². The van der Waals surface area contributed by atoms with Crippen LogP contribution in [0.15, 0.2) is 77.9 Å². The third kappa shape index (κ3) is 5.97. The number of hydrogen-bond donors (Lipinski definition) is 3. The second kappa shape index (κ2) is 11.7. The molecule has 0 saturated carbocycles. The van der Waals surface area contributed by atoms with Crippen molar-refractivity contribution in [1.29, 1.82) is 0 Å². The topological polar surface area (TPSA) is 91.3 Å². The molecule has 4 aromatic rings. The molecule has 0 saturated heterocycles. The zero-order valence-corrected chi connectivity index (χ0v) is 22.4. The van der Waals surface area contributed by atoms with Crippen LogP contribution in [0.1, 0.15) is 40.4 Å². The average Bonchev–Trinajstić information content (AvgIpc) is 3.09. The number of benzene rings is 3. The number of carbonyl (C=O) groups is 1. The van der Waals surface area contributed by atoms with Gasteiger partial charge in [-0.1, -0.05) is 29.8 Å². The molecule has 39 heavy (non-hydrogen) atoms. The summed E-state index contributed by atoms with van der Waals surface area (Å²) in [6.45, 7) is 3.11. The molecule has 1 aromatic heterocycles. The predicted octanol–water partition coefficient (Wildman–Crippen LogP) is 5.76. The largest absolute Gasteiger partial charge is 0.350 e. The van der Waals surface area contributed by atoms with Crippen molar-refractivity contribution in [3.8, 4) is 11.3 Å². The number of amides is 1. The van der Waals surface area contributed by atoms with Gasteiger partial charge in [-0.05, 0) is 75.5 Å². The van der Waals surface area contributed by atoms with E-state index >= 15 is 0 Å². The Labute approximate surface area is 231 Å². The van der Waals surface area contributed by atoms with Gasteiger partial charge in [0.2, 0.25) is 5.95 Å². The second-order valence-electron chi connectivity index (χ2n) is 9.37. The summed E-state index contributed by atoms with van der Waals surface area (Å²) < 4.78 is 14.7. The minimum Gasteiger partial charge on any atom is -0.350 e. The number of anilines is 2. The molecular formula is C30H28ClFN6O. The Bertz CT molecular complexity index is 1540. The highest BCUT2D eigenvalue weighted by Gasteiger charge is 2.23. The van der Waals surface area contributed by atoms with Gasteiger partial charge < -0.3 is 16.0 Å². The van der Waals surface area contributed by atoms with Gasteiger partial charge in [0.15, 0.2) is 0 Å². The van der Waals surface area contributed by atoms with E-state index in [1.165, 1.54) is 6.07 Å². The smallest absolute Gasteiger partial charge is 0.251 e. The minimum atomic E-state index is -0.355. The molecular weight excluding hydrogens is 515 g/mol. The molecule has 9 heteroatoms. The van der Waals surface area contributed by atoms with Gasteiger partial charge >= 0.3 is 0 Å². The van der Waals surface area contributed by atoms with E-state index < -0.39 is 0 Å². The van der Waals surface area contributed by atoms with E-state index in [0.29, 0.717) is 45.6 Å². The molecule has 7 nitrogen and oxygen atoms in total. The van der Waals surface area contributed by atoms with Gasteiger partial charge in [0, 0.05) is 50.8 Å². The van der Waals surface area contributed by atoms with Crippen molar-refractivity contribution in [2.45, 2.75) is 25.9 Å². The molecule has 1 unspecified atom stereocenters. The van der Waals surface area contributed by atoms with Crippen molar-refractivity contribution in [3.63, 3.8) is 0 Å². The van der Waals surface area contributed by atoms with Crippen molar-refractivity contribution in [3.05, 3.63) is 106 Å². The van der Waals surface area contributed by atoms with Gasteiger partial charge in [-0.25, -0.2) is 14.4 Å². The van der Waals surface area contributed by atoms with E-state index in [0.717, 1.165) is 29.8 Å². The lowest BCUT2D eigenvalue weighted by molar-refractivity contribution is 0.0938. The molecule has 2 heterocycles. The molecule has 3 aromatic carbocycles. The second-order valence-corrected chi connectivity index (χ2v) is 9.81. The number of rotatable bonds is 8. The Morgan fingerprint density at radius 3 is 2.62 bits per heavy atom. The lowest BCUT2D eigenvalue weighted by Crippen LogP contribution is -2.34. The van der Waals surface area contributed by atoms with Crippen LogP contribution in [0.2, 0.25) is 5.02 Å². The van der Waals surface area contributed by atoms with Crippen LogP contribution in [0.5, 0.6) is 0 Å². The summed E-state index contributed by atoms with van der Waals surface area (Å²) in [5.41, 5.74) is 5.24. The zero-order chi connectivity index (χ0) is 27.4. The van der Waals surface area contributed by atoms with Crippen LogP contribution in [-0.4, -0.2) is 41.2 Å². The Balaban J connectivity index is 1.40. The molecule has 0 spiro atoms. The highest BCUT2D eigenvalue weighted by molar-refractivity contribution is 6.31. The first kappa shape index (κ1) is 26.5. The third-order valence-electron chi connectivity index (χ3n) is 6.50. The Hall–Kier alpha value is -4.14. The van der Waals surface area contributed by atoms with Crippen molar-refractivity contribution in [2.75, 3.05) is 18.9 Å². The van der Waals surface area contributed by atoms with E-state index in [2.05, 4.69) is 20.9 Å². The highest BCUT2D eigenvalue weighted by atomic mass is 35.5. The minimum absolute atomic E-state index is 0.0661. The standard InChI is InChI=1S/C30H28ClFN6O/c1-18(13-14-33-2)36-29(39)19-7-10-22(11-8-19)37-30-35-17-20-16-34-28(24-5-3-4-6-26(24)32)25-15-21(31)9-12-23(25)27(20)38-30/h3-12,15,17-18,33H,13-14,16H2,1-2H3,(H,36,39)(H,35,37,38). The van der Waals surface area contributed by atoms with E-state index in [1.807, 2.05) is 32.2 Å². The van der Waals surface area contributed by atoms with Gasteiger partial charge in [0.05, 0.1) is 18.0 Å². The number of nitrogens with one attached hydrogen (secondary N) is 3. The highest BCUT2D eigenvalue weighted by Crippen LogP contribution is 2.34. The summed E-state index contributed by atoms with van der Waals surface area (Å²) in [6, 6.07) is 19.2. The van der Waals surface area contributed by atoms with Crippen LogP contribution < -0.4 is 16.0 Å². The van der Waals surface area contributed by atoms with Crippen LogP contribution in [-0.2, 0) is 6.54 Å². The molecule has 1 atom stereocenters. The van der Waals surface area contributed by atoms with E-state index in [4.69, 9.17) is 21.6 Å². The quantitative estimate of drug-likeness (QED) is 0.263. The fourth-order valence-electron chi connectivity index (χ4n) is 4.44. The number of aliphatic imine (C=N–C) groups is 1. The first-order valence-corrected chi connectivity index (χ1v) is 13.1. The Morgan fingerprint density at radius 2 is 1.85 bits per heavy atom. The maximum absolute atomic E-state index is 14.7. The van der Waals surface area contributed by atoms with Crippen molar-refractivity contribution in [2.24, 2.45) is 4.99 Å². The average molecular weight is 543 g/mol. The van der Waals surface area contributed by atoms with Gasteiger partial charge in [-0.15, -0.1) is 0 Å². The summed E-state index contributed by atoms with van der Waals surface area (Å²) in [4.78, 5) is 26.6. The fourth-order valence-corrected chi connectivity index (χ4v) is 4.61. The molecule has 0 bridgehead atoms. The van der Waals surface area contributed by atoms with Crippen LogP contribution in [0.25, 0.3) is 11.3 Å². The number of fused-ring (bicyclic) bond motifs is 3. The molecule has 0 aliphatic carbocycles. The SMILES string of the molecule is CNCCC(C)NC(=O)c1ccc(Nc2ncc3c(n2)-c2ccc(Cl)cc2C(c2ccccc2F)=NC3)cc1. The molecule has 5 rings (SSSR count). The lowest BCUT2D eigenvalue weighted by Gasteiger charge is -2.14. The van der Waals surface area contributed by atoms with Crippen molar-refractivity contribution in [1.82, 2.24) is 20.6 Å². The summed E-state index contributed by atoms with van der Waals surface area (Å²) in [7, 11) is 1.89. The summed E-state index contributed by atoms with van der Waals surface area (Å²) in [6.07, 6.45) is 2.57. The van der Waals surface area contributed by atoms with E-state index in [9.17, 15) is 9.18 Å². The van der Waals surface area contributed by atoms with E-state index in [-0.39, 0.29) is 17.8 Å². The summed E-state index contributed by atoms with van der Waals surface area (Å²) in [5, 5.41) is 9.83. The number of nitrogens with zero attached hydrogens (tertiary/aromatic N) is 3. The fraction of sp³-hybridized carbons (Fsp3) is 0.200. The summed E-state index contributed by atoms with van der Waals surface area (Å²) in [5.74, 6) is -0.0830. The lowest BCUT2D eigenvalue weighted by atomic mass is 9.95. The Morgan fingerprint density at radius 1 is 1.05 bits per heavy atom. The van der Waals surface area contributed by atoms with Crippen LogP contribution in [0.4, 0.5) is 16.0 Å². The number of aromatic nitrogens is 2. The van der Waals surface area contributed by atoms with Gasteiger partial charge in [0.25, 0.3) is 5.91 Å². The molecule has 3 N–H and O–H groups in total. The molecule has 1 aliphatic rings.